The number of sulfonamides is 1. The first-order valence-electron chi connectivity index (χ1n) is 5.83. The van der Waals surface area contributed by atoms with E-state index in [2.05, 4.69) is 20.7 Å². The van der Waals surface area contributed by atoms with Crippen LogP contribution in [0.4, 0.5) is 5.69 Å². The highest BCUT2D eigenvalue weighted by Gasteiger charge is 2.34. The average molecular weight is 347 g/mol. The van der Waals surface area contributed by atoms with Crippen LogP contribution < -0.4 is 9.62 Å². The van der Waals surface area contributed by atoms with Crippen molar-refractivity contribution in [1.29, 1.82) is 0 Å². The summed E-state index contributed by atoms with van der Waals surface area (Å²) in [6, 6.07) is 4.98. The fourth-order valence-corrected chi connectivity index (χ4v) is 3.08. The second kappa shape index (κ2) is 5.22. The Kier molecular flexibility index (Phi) is 3.98. The van der Waals surface area contributed by atoms with E-state index >= 15 is 0 Å². The molecule has 1 fully saturated rings. The van der Waals surface area contributed by atoms with Crippen LogP contribution in [0.15, 0.2) is 22.7 Å². The van der Waals surface area contributed by atoms with Crippen LogP contribution in [0.5, 0.6) is 0 Å². The Morgan fingerprint density at radius 2 is 2.11 bits per heavy atom. The summed E-state index contributed by atoms with van der Waals surface area (Å²) in [4.78, 5) is 13.8. The Bertz CT molecular complexity index is 615. The van der Waals surface area contributed by atoms with Crippen molar-refractivity contribution in [2.75, 3.05) is 17.7 Å². The van der Waals surface area contributed by atoms with E-state index in [9.17, 15) is 13.2 Å². The molecule has 0 saturated carbocycles. The molecule has 0 bridgehead atoms. The number of hydrogen-bond donors (Lipinski definition) is 1. The highest BCUT2D eigenvalue weighted by Crippen LogP contribution is 2.26. The predicted molar refractivity (Wildman–Crippen MR) is 77.6 cm³/mol. The third-order valence-electron chi connectivity index (χ3n) is 3.02. The van der Waals surface area contributed by atoms with Gasteiger partial charge in [0.1, 0.15) is 6.04 Å². The van der Waals surface area contributed by atoms with Gasteiger partial charge in [0.15, 0.2) is 0 Å². The summed E-state index contributed by atoms with van der Waals surface area (Å²) in [5.41, 5.74) is 1.83. The number of benzene rings is 1. The van der Waals surface area contributed by atoms with E-state index in [0.29, 0.717) is 13.0 Å². The summed E-state index contributed by atoms with van der Waals surface area (Å²) in [7, 11) is -3.37. The molecule has 5 nitrogen and oxygen atoms in total. The van der Waals surface area contributed by atoms with Crippen LogP contribution in [0, 0.1) is 6.92 Å². The first-order chi connectivity index (χ1) is 8.78. The number of hydrogen-bond acceptors (Lipinski definition) is 3. The van der Waals surface area contributed by atoms with Crippen molar-refractivity contribution >= 4 is 37.5 Å². The Balaban J connectivity index is 2.20. The molecule has 0 unspecified atom stereocenters. The molecule has 1 aliphatic rings. The maximum absolute atomic E-state index is 12.2. The second-order valence-electron chi connectivity index (χ2n) is 4.65. The lowest BCUT2D eigenvalue weighted by Crippen LogP contribution is -2.41. The third kappa shape index (κ3) is 3.34. The zero-order valence-corrected chi connectivity index (χ0v) is 13.1. The molecule has 104 valence electrons. The first kappa shape index (κ1) is 14.5. The predicted octanol–water partition coefficient (Wildman–Crippen LogP) is 1.41. The number of nitrogens with one attached hydrogen (secondary N) is 1. The standard InChI is InChI=1S/C12H15BrN2O3S/c1-8-7-9(3-4-10(8)13)15-6-5-11(12(15)16)14-19(2,17)18/h3-4,7,11,14H,5-6H2,1-2H3/t11-/m0/s1. The molecule has 0 spiro atoms. The number of aryl methyl sites for hydroxylation is 1. The highest BCUT2D eigenvalue weighted by molar-refractivity contribution is 9.10. The van der Waals surface area contributed by atoms with Gasteiger partial charge in [-0.15, -0.1) is 0 Å². The molecule has 1 saturated heterocycles. The van der Waals surface area contributed by atoms with E-state index in [4.69, 9.17) is 0 Å². The molecule has 1 aromatic rings. The van der Waals surface area contributed by atoms with Crippen LogP contribution in [0.25, 0.3) is 0 Å². The number of amides is 1. The summed E-state index contributed by atoms with van der Waals surface area (Å²) >= 11 is 3.41. The molecular formula is C12H15BrN2O3S. The molecule has 2 rings (SSSR count). The molecular weight excluding hydrogens is 332 g/mol. The first-order valence-corrected chi connectivity index (χ1v) is 8.51. The summed E-state index contributed by atoms with van der Waals surface area (Å²) in [5, 5.41) is 0. The van der Waals surface area contributed by atoms with Crippen molar-refractivity contribution in [3.05, 3.63) is 28.2 Å². The van der Waals surface area contributed by atoms with Gasteiger partial charge in [-0.25, -0.2) is 13.1 Å². The van der Waals surface area contributed by atoms with Crippen molar-refractivity contribution in [3.63, 3.8) is 0 Å². The van der Waals surface area contributed by atoms with E-state index in [-0.39, 0.29) is 5.91 Å². The Labute approximate surface area is 121 Å². The second-order valence-corrected chi connectivity index (χ2v) is 7.29. The van der Waals surface area contributed by atoms with Crippen LogP contribution in [-0.4, -0.2) is 33.2 Å². The fourth-order valence-electron chi connectivity index (χ4n) is 2.10. The quantitative estimate of drug-likeness (QED) is 0.899. The van der Waals surface area contributed by atoms with Gasteiger partial charge in [-0.05, 0) is 37.1 Å². The molecule has 1 atom stereocenters. The van der Waals surface area contributed by atoms with Gasteiger partial charge < -0.3 is 4.90 Å². The lowest BCUT2D eigenvalue weighted by Gasteiger charge is -2.18. The van der Waals surface area contributed by atoms with Crippen molar-refractivity contribution in [2.45, 2.75) is 19.4 Å². The molecule has 0 aliphatic carbocycles. The Hall–Kier alpha value is -0.920. The SMILES string of the molecule is Cc1cc(N2CC[C@H](NS(C)(=O)=O)C2=O)ccc1Br. The van der Waals surface area contributed by atoms with E-state index in [0.717, 1.165) is 22.0 Å². The number of nitrogens with zero attached hydrogens (tertiary/aromatic N) is 1. The summed E-state index contributed by atoms with van der Waals surface area (Å²) in [6.45, 7) is 2.47. The number of carbonyl (C=O) groups excluding carboxylic acids is 1. The van der Waals surface area contributed by atoms with Crippen molar-refractivity contribution < 1.29 is 13.2 Å². The van der Waals surface area contributed by atoms with Gasteiger partial charge in [-0.3, -0.25) is 4.79 Å². The topological polar surface area (TPSA) is 66.5 Å². The van der Waals surface area contributed by atoms with Crippen LogP contribution in [-0.2, 0) is 14.8 Å². The van der Waals surface area contributed by atoms with E-state index < -0.39 is 16.1 Å². The average Bonchev–Trinajstić information content (AvgIpc) is 2.63. The lowest BCUT2D eigenvalue weighted by molar-refractivity contribution is -0.118. The molecule has 1 amide bonds. The smallest absolute Gasteiger partial charge is 0.245 e. The third-order valence-corrected chi connectivity index (χ3v) is 4.62. The monoisotopic (exact) mass is 346 g/mol. The molecule has 1 N–H and O–H groups in total. The van der Waals surface area contributed by atoms with E-state index in [1.807, 2.05) is 25.1 Å². The van der Waals surface area contributed by atoms with Crippen LogP contribution >= 0.6 is 15.9 Å². The van der Waals surface area contributed by atoms with Gasteiger partial charge in [0.25, 0.3) is 0 Å². The molecule has 0 aromatic heterocycles. The summed E-state index contributed by atoms with van der Waals surface area (Å²) in [5.74, 6) is -0.202. The molecule has 1 aliphatic heterocycles. The molecule has 0 radical (unpaired) electrons. The zero-order valence-electron chi connectivity index (χ0n) is 10.7. The van der Waals surface area contributed by atoms with E-state index in [1.165, 1.54) is 0 Å². The van der Waals surface area contributed by atoms with Crippen LogP contribution in [0.3, 0.4) is 0 Å². The Morgan fingerprint density at radius 3 is 2.68 bits per heavy atom. The lowest BCUT2D eigenvalue weighted by atomic mass is 10.2. The van der Waals surface area contributed by atoms with Crippen molar-refractivity contribution in [1.82, 2.24) is 4.72 Å². The molecule has 19 heavy (non-hydrogen) atoms. The normalized spacial score (nSPS) is 20.1. The van der Waals surface area contributed by atoms with Gasteiger partial charge in [0, 0.05) is 16.7 Å². The highest BCUT2D eigenvalue weighted by atomic mass is 79.9. The number of halogens is 1. The molecule has 1 aromatic carbocycles. The summed E-state index contributed by atoms with van der Waals surface area (Å²) < 4.78 is 25.7. The number of anilines is 1. The van der Waals surface area contributed by atoms with Crippen LogP contribution in [0.2, 0.25) is 0 Å². The van der Waals surface area contributed by atoms with Gasteiger partial charge >= 0.3 is 0 Å². The molecule has 7 heteroatoms. The minimum Gasteiger partial charge on any atom is -0.311 e. The van der Waals surface area contributed by atoms with Gasteiger partial charge in [-0.1, -0.05) is 15.9 Å². The van der Waals surface area contributed by atoms with Crippen molar-refractivity contribution in [3.8, 4) is 0 Å². The summed E-state index contributed by atoms with van der Waals surface area (Å²) in [6.07, 6.45) is 1.55. The van der Waals surface area contributed by atoms with Gasteiger partial charge in [-0.2, -0.15) is 0 Å². The largest absolute Gasteiger partial charge is 0.311 e. The van der Waals surface area contributed by atoms with Crippen molar-refractivity contribution in [2.24, 2.45) is 0 Å². The number of carbonyl (C=O) groups is 1. The Morgan fingerprint density at radius 1 is 1.42 bits per heavy atom. The van der Waals surface area contributed by atoms with Gasteiger partial charge in [0.2, 0.25) is 15.9 Å². The fraction of sp³-hybridized carbons (Fsp3) is 0.417. The number of rotatable bonds is 3. The van der Waals surface area contributed by atoms with Crippen LogP contribution in [0.1, 0.15) is 12.0 Å². The molecule has 1 heterocycles. The minimum absolute atomic E-state index is 0.202. The van der Waals surface area contributed by atoms with Gasteiger partial charge in [0.05, 0.1) is 6.26 Å². The minimum atomic E-state index is -3.37. The zero-order chi connectivity index (χ0) is 14.2. The maximum atomic E-state index is 12.2. The van der Waals surface area contributed by atoms with E-state index in [1.54, 1.807) is 4.90 Å². The maximum Gasteiger partial charge on any atom is 0.245 e.